The van der Waals surface area contributed by atoms with Crippen LogP contribution in [-0.2, 0) is 4.79 Å². The standard InChI is InChI=1S/C22H22N6O3S/c1-14(29)27(2)8-9-28(3)19-12-23-13-20(26-19)31-17-6-4-15(5-7-17)16-10-18-21(24-11-16)32-22(30)25-18/h4-7,10-13H,8-9H2,1-3H3,(H,25,30). The first-order valence-corrected chi connectivity index (χ1v) is 10.7. The number of rotatable bonds is 7. The van der Waals surface area contributed by atoms with Gasteiger partial charge in [-0.3, -0.25) is 14.6 Å². The molecule has 164 valence electrons. The Morgan fingerprint density at radius 2 is 1.88 bits per heavy atom. The number of carbonyl (C=O) groups excluding carboxylic acids is 1. The van der Waals surface area contributed by atoms with Crippen molar-refractivity contribution in [3.8, 4) is 22.8 Å². The van der Waals surface area contributed by atoms with Crippen LogP contribution >= 0.6 is 11.3 Å². The molecular weight excluding hydrogens is 428 g/mol. The van der Waals surface area contributed by atoms with Crippen molar-refractivity contribution in [2.75, 3.05) is 32.1 Å². The monoisotopic (exact) mass is 450 g/mol. The zero-order valence-electron chi connectivity index (χ0n) is 17.9. The molecule has 0 aliphatic carbocycles. The predicted molar refractivity (Wildman–Crippen MR) is 124 cm³/mol. The number of ether oxygens (including phenoxy) is 1. The van der Waals surface area contributed by atoms with Crippen LogP contribution < -0.4 is 14.5 Å². The Morgan fingerprint density at radius 1 is 1.09 bits per heavy atom. The van der Waals surface area contributed by atoms with Gasteiger partial charge in [0.25, 0.3) is 0 Å². The highest BCUT2D eigenvalue weighted by Gasteiger charge is 2.09. The van der Waals surface area contributed by atoms with Crippen LogP contribution in [0.1, 0.15) is 6.92 Å². The number of nitrogens with one attached hydrogen (secondary N) is 1. The molecule has 0 fully saturated rings. The van der Waals surface area contributed by atoms with E-state index in [0.29, 0.717) is 35.4 Å². The molecule has 1 amide bonds. The van der Waals surface area contributed by atoms with E-state index in [1.807, 2.05) is 42.3 Å². The van der Waals surface area contributed by atoms with E-state index in [1.165, 1.54) is 6.92 Å². The first-order chi connectivity index (χ1) is 15.4. The van der Waals surface area contributed by atoms with Crippen LogP contribution in [0.3, 0.4) is 0 Å². The molecule has 0 unspecified atom stereocenters. The molecule has 0 saturated heterocycles. The summed E-state index contributed by atoms with van der Waals surface area (Å²) in [4.78, 5) is 42.8. The maximum Gasteiger partial charge on any atom is 0.307 e. The summed E-state index contributed by atoms with van der Waals surface area (Å²) in [7, 11) is 3.65. The van der Waals surface area contributed by atoms with Gasteiger partial charge in [-0.05, 0) is 23.8 Å². The largest absolute Gasteiger partial charge is 0.437 e. The van der Waals surface area contributed by atoms with Crippen LogP contribution in [0.5, 0.6) is 11.6 Å². The van der Waals surface area contributed by atoms with E-state index >= 15 is 0 Å². The van der Waals surface area contributed by atoms with E-state index in [0.717, 1.165) is 28.0 Å². The fraction of sp³-hybridized carbons (Fsp3) is 0.227. The van der Waals surface area contributed by atoms with Gasteiger partial charge in [0.2, 0.25) is 11.8 Å². The predicted octanol–water partition coefficient (Wildman–Crippen LogP) is 3.15. The van der Waals surface area contributed by atoms with E-state index in [9.17, 15) is 9.59 Å². The van der Waals surface area contributed by atoms with Gasteiger partial charge in [-0.15, -0.1) is 0 Å². The van der Waals surface area contributed by atoms with E-state index in [1.54, 1.807) is 30.5 Å². The van der Waals surface area contributed by atoms with Crippen LogP contribution in [0, 0.1) is 0 Å². The third-order valence-electron chi connectivity index (χ3n) is 4.99. The number of likely N-dealkylation sites (N-methyl/N-ethyl adjacent to an activating group) is 2. The lowest BCUT2D eigenvalue weighted by molar-refractivity contribution is -0.127. The van der Waals surface area contributed by atoms with E-state index < -0.39 is 0 Å². The lowest BCUT2D eigenvalue weighted by atomic mass is 10.1. The lowest BCUT2D eigenvalue weighted by Gasteiger charge is -2.22. The number of aromatic amines is 1. The first-order valence-electron chi connectivity index (χ1n) is 9.91. The summed E-state index contributed by atoms with van der Waals surface area (Å²) in [5.41, 5.74) is 2.58. The number of carbonyl (C=O) groups is 1. The SMILES string of the molecule is CC(=O)N(C)CCN(C)c1cncc(Oc2ccc(-c3cnc4sc(=O)[nH]c4c3)cc2)n1. The van der Waals surface area contributed by atoms with Crippen molar-refractivity contribution in [1.82, 2.24) is 24.8 Å². The Labute approximate surface area is 188 Å². The maximum atomic E-state index is 11.5. The maximum absolute atomic E-state index is 11.5. The molecule has 0 radical (unpaired) electrons. The van der Waals surface area contributed by atoms with Gasteiger partial charge in [-0.2, -0.15) is 4.98 Å². The summed E-state index contributed by atoms with van der Waals surface area (Å²) in [5, 5.41) is 0. The molecule has 0 bridgehead atoms. The highest BCUT2D eigenvalue weighted by molar-refractivity contribution is 7.15. The summed E-state index contributed by atoms with van der Waals surface area (Å²) >= 11 is 1.09. The van der Waals surface area contributed by atoms with Crippen LogP contribution in [0.4, 0.5) is 5.82 Å². The number of nitrogens with zero attached hydrogens (tertiary/aromatic N) is 5. The number of fused-ring (bicyclic) bond motifs is 1. The summed E-state index contributed by atoms with van der Waals surface area (Å²) in [6.07, 6.45) is 4.95. The molecule has 0 aliphatic rings. The zero-order valence-corrected chi connectivity index (χ0v) is 18.7. The van der Waals surface area contributed by atoms with Crippen molar-refractivity contribution >= 4 is 33.4 Å². The fourth-order valence-electron chi connectivity index (χ4n) is 2.98. The van der Waals surface area contributed by atoms with Gasteiger partial charge in [0.1, 0.15) is 10.6 Å². The fourth-order valence-corrected chi connectivity index (χ4v) is 3.65. The molecule has 0 saturated carbocycles. The number of H-pyrrole nitrogens is 1. The molecule has 4 aromatic rings. The molecule has 3 aromatic heterocycles. The minimum absolute atomic E-state index is 0.0179. The van der Waals surface area contributed by atoms with Gasteiger partial charge in [0.05, 0.1) is 17.9 Å². The first kappa shape index (κ1) is 21.4. The second kappa shape index (κ2) is 9.15. The highest BCUT2D eigenvalue weighted by atomic mass is 32.1. The molecular formula is C22H22N6O3S. The Bertz CT molecular complexity index is 1300. The molecule has 0 atom stereocenters. The van der Waals surface area contributed by atoms with Crippen molar-refractivity contribution in [1.29, 1.82) is 0 Å². The second-order valence-electron chi connectivity index (χ2n) is 7.30. The number of thiazole rings is 1. The number of benzene rings is 1. The molecule has 0 aliphatic heterocycles. The van der Waals surface area contributed by atoms with Crippen LogP contribution in [-0.4, -0.2) is 57.9 Å². The third kappa shape index (κ3) is 4.92. The number of pyridine rings is 1. The summed E-state index contributed by atoms with van der Waals surface area (Å²) in [6, 6.07) is 9.43. The van der Waals surface area contributed by atoms with Crippen molar-refractivity contribution < 1.29 is 9.53 Å². The van der Waals surface area contributed by atoms with E-state index in [2.05, 4.69) is 19.9 Å². The molecule has 4 rings (SSSR count). The van der Waals surface area contributed by atoms with Crippen molar-refractivity contribution in [2.24, 2.45) is 0 Å². The summed E-state index contributed by atoms with van der Waals surface area (Å²) < 4.78 is 5.87. The quantitative estimate of drug-likeness (QED) is 0.461. The number of hydrogen-bond acceptors (Lipinski definition) is 8. The van der Waals surface area contributed by atoms with Gasteiger partial charge in [0, 0.05) is 45.9 Å². The molecule has 0 spiro atoms. The number of anilines is 1. The minimum atomic E-state index is -0.117. The number of aromatic nitrogens is 4. The summed E-state index contributed by atoms with van der Waals surface area (Å²) in [5.74, 6) is 1.67. The van der Waals surface area contributed by atoms with Crippen LogP contribution in [0.15, 0.2) is 53.7 Å². The van der Waals surface area contributed by atoms with Gasteiger partial charge < -0.3 is 19.5 Å². The lowest BCUT2D eigenvalue weighted by Crippen LogP contribution is -2.33. The van der Waals surface area contributed by atoms with Crippen molar-refractivity contribution in [2.45, 2.75) is 6.92 Å². The van der Waals surface area contributed by atoms with Crippen molar-refractivity contribution in [3.63, 3.8) is 0 Å². The zero-order chi connectivity index (χ0) is 22.7. The van der Waals surface area contributed by atoms with Gasteiger partial charge in [-0.1, -0.05) is 23.5 Å². The molecule has 1 N–H and O–H groups in total. The Hall–Kier alpha value is -3.79. The average Bonchev–Trinajstić information content (AvgIpc) is 3.17. The highest BCUT2D eigenvalue weighted by Crippen LogP contribution is 2.27. The Morgan fingerprint density at radius 3 is 2.62 bits per heavy atom. The van der Waals surface area contributed by atoms with E-state index in [4.69, 9.17) is 4.74 Å². The Kier molecular flexibility index (Phi) is 6.13. The number of amides is 1. The van der Waals surface area contributed by atoms with Crippen LogP contribution in [0.2, 0.25) is 0 Å². The topological polar surface area (TPSA) is 104 Å². The normalized spacial score (nSPS) is 10.8. The van der Waals surface area contributed by atoms with Gasteiger partial charge in [0.15, 0.2) is 5.82 Å². The van der Waals surface area contributed by atoms with Gasteiger partial charge >= 0.3 is 4.87 Å². The second-order valence-corrected chi connectivity index (χ2v) is 8.26. The van der Waals surface area contributed by atoms with E-state index in [-0.39, 0.29) is 10.8 Å². The molecule has 3 heterocycles. The molecule has 32 heavy (non-hydrogen) atoms. The van der Waals surface area contributed by atoms with Gasteiger partial charge in [-0.25, -0.2) is 4.98 Å². The average molecular weight is 451 g/mol. The molecule has 10 heteroatoms. The molecule has 1 aromatic carbocycles. The minimum Gasteiger partial charge on any atom is -0.437 e. The Balaban J connectivity index is 1.44. The molecule has 9 nitrogen and oxygen atoms in total. The smallest absolute Gasteiger partial charge is 0.307 e. The van der Waals surface area contributed by atoms with Crippen LogP contribution in [0.25, 0.3) is 21.5 Å². The summed E-state index contributed by atoms with van der Waals surface area (Å²) in [6.45, 7) is 2.74. The third-order valence-corrected chi connectivity index (χ3v) is 5.79. The van der Waals surface area contributed by atoms with Crippen molar-refractivity contribution in [3.05, 3.63) is 58.6 Å². The number of hydrogen-bond donors (Lipinski definition) is 1.